The van der Waals surface area contributed by atoms with Gasteiger partial charge in [0.1, 0.15) is 11.6 Å². The molecule has 90 valence electrons. The minimum atomic E-state index is 0.0417. The van der Waals surface area contributed by atoms with Crippen molar-refractivity contribution in [1.29, 1.82) is 0 Å². The van der Waals surface area contributed by atoms with Crippen LogP contribution >= 0.6 is 0 Å². The lowest BCUT2D eigenvalue weighted by atomic mass is 10.4. The number of rotatable bonds is 0. The minimum Gasteiger partial charge on any atom is -0.384 e. The average molecular weight is 235 g/mol. The molecule has 0 spiro atoms. The molecule has 0 fully saturated rings. The summed E-state index contributed by atoms with van der Waals surface area (Å²) in [5.41, 5.74) is 25.9. The third-order valence-corrected chi connectivity index (χ3v) is 1.48. The zero-order valence-corrected chi connectivity index (χ0v) is 8.91. The van der Waals surface area contributed by atoms with Crippen molar-refractivity contribution in [3.63, 3.8) is 0 Å². The highest BCUT2D eigenvalue weighted by molar-refractivity contribution is 5.38. The smallest absolute Gasteiger partial charge is 0.226 e. The molecule has 0 saturated carbocycles. The van der Waals surface area contributed by atoms with Crippen LogP contribution in [0.25, 0.3) is 0 Å². The molecular formula is C8H13N9. The van der Waals surface area contributed by atoms with Gasteiger partial charge in [-0.15, -0.1) is 0 Å². The SMILES string of the molecule is Nc1cccc(N)n1.Nc1nc(N)nc(N)n1. The second-order valence-electron chi connectivity index (χ2n) is 2.90. The van der Waals surface area contributed by atoms with Gasteiger partial charge < -0.3 is 28.7 Å². The van der Waals surface area contributed by atoms with E-state index in [0.29, 0.717) is 11.6 Å². The number of anilines is 5. The second kappa shape index (κ2) is 5.30. The Labute approximate surface area is 97.1 Å². The van der Waals surface area contributed by atoms with Crippen LogP contribution in [-0.4, -0.2) is 19.9 Å². The van der Waals surface area contributed by atoms with Crippen molar-refractivity contribution < 1.29 is 0 Å². The van der Waals surface area contributed by atoms with Crippen LogP contribution < -0.4 is 28.7 Å². The third-order valence-electron chi connectivity index (χ3n) is 1.48. The summed E-state index contributed by atoms with van der Waals surface area (Å²) in [7, 11) is 0. The molecule has 0 amide bonds. The Morgan fingerprint density at radius 3 is 1.18 bits per heavy atom. The van der Waals surface area contributed by atoms with Crippen LogP contribution in [-0.2, 0) is 0 Å². The molecular weight excluding hydrogens is 222 g/mol. The molecule has 0 atom stereocenters. The fraction of sp³-hybridized carbons (Fsp3) is 0. The first-order chi connectivity index (χ1) is 7.97. The van der Waals surface area contributed by atoms with E-state index < -0.39 is 0 Å². The standard InChI is InChI=1S/C5H7N3.C3H6N6/c6-4-2-1-3-5(7)8-4;4-1-7-2(5)9-3(6)8-1/h1-3H,(H4,6,7,8);(H6,4,5,6,7,8,9). The van der Waals surface area contributed by atoms with Crippen LogP contribution in [0.5, 0.6) is 0 Å². The molecule has 0 radical (unpaired) electrons. The van der Waals surface area contributed by atoms with E-state index in [4.69, 9.17) is 28.7 Å². The topological polar surface area (TPSA) is 182 Å². The number of nitrogen functional groups attached to an aromatic ring is 5. The Morgan fingerprint density at radius 1 is 0.588 bits per heavy atom. The summed E-state index contributed by atoms with van der Waals surface area (Å²) in [4.78, 5) is 14.2. The van der Waals surface area contributed by atoms with Crippen molar-refractivity contribution in [2.45, 2.75) is 0 Å². The van der Waals surface area contributed by atoms with Gasteiger partial charge in [-0.25, -0.2) is 4.98 Å². The highest BCUT2D eigenvalue weighted by Gasteiger charge is 1.93. The van der Waals surface area contributed by atoms with E-state index in [1.54, 1.807) is 18.2 Å². The van der Waals surface area contributed by atoms with Gasteiger partial charge in [-0.1, -0.05) is 6.07 Å². The van der Waals surface area contributed by atoms with Gasteiger partial charge in [0, 0.05) is 0 Å². The summed E-state index contributed by atoms with van der Waals surface area (Å²) in [5.74, 6) is 1.05. The molecule has 2 aromatic rings. The summed E-state index contributed by atoms with van der Waals surface area (Å²) in [6, 6.07) is 5.14. The maximum absolute atomic E-state index is 5.27. The second-order valence-corrected chi connectivity index (χ2v) is 2.90. The Hall–Kier alpha value is -2.84. The fourth-order valence-electron chi connectivity index (χ4n) is 0.896. The van der Waals surface area contributed by atoms with Crippen molar-refractivity contribution in [2.24, 2.45) is 0 Å². The van der Waals surface area contributed by atoms with Crippen molar-refractivity contribution in [3.05, 3.63) is 18.2 Å². The molecule has 9 heteroatoms. The van der Waals surface area contributed by atoms with Gasteiger partial charge in [0.25, 0.3) is 0 Å². The van der Waals surface area contributed by atoms with Gasteiger partial charge >= 0.3 is 0 Å². The molecule has 2 rings (SSSR count). The van der Waals surface area contributed by atoms with E-state index in [0.717, 1.165) is 0 Å². The molecule has 0 bridgehead atoms. The van der Waals surface area contributed by atoms with Gasteiger partial charge in [-0.05, 0) is 12.1 Å². The minimum absolute atomic E-state index is 0.0417. The largest absolute Gasteiger partial charge is 0.384 e. The lowest BCUT2D eigenvalue weighted by Gasteiger charge is -1.93. The number of pyridine rings is 1. The highest BCUT2D eigenvalue weighted by atomic mass is 15.2. The third kappa shape index (κ3) is 4.46. The molecule has 0 aliphatic carbocycles. The van der Waals surface area contributed by atoms with E-state index in [1.807, 2.05) is 0 Å². The monoisotopic (exact) mass is 235 g/mol. The van der Waals surface area contributed by atoms with Gasteiger partial charge in [0.15, 0.2) is 0 Å². The first-order valence-corrected chi connectivity index (χ1v) is 4.48. The number of nitrogens with zero attached hydrogens (tertiary/aromatic N) is 4. The molecule has 2 aromatic heterocycles. The predicted molar refractivity (Wildman–Crippen MR) is 66.1 cm³/mol. The molecule has 0 saturated heterocycles. The van der Waals surface area contributed by atoms with Crippen LogP contribution in [0.4, 0.5) is 29.5 Å². The summed E-state index contributed by atoms with van der Waals surface area (Å²) in [5, 5.41) is 0. The number of nitrogens with two attached hydrogens (primary N) is 5. The van der Waals surface area contributed by atoms with Gasteiger partial charge in [-0.3, -0.25) is 0 Å². The van der Waals surface area contributed by atoms with Crippen LogP contribution in [0, 0.1) is 0 Å². The Kier molecular flexibility index (Phi) is 3.81. The summed E-state index contributed by atoms with van der Waals surface area (Å²) >= 11 is 0. The highest BCUT2D eigenvalue weighted by Crippen LogP contribution is 1.99. The molecule has 2 heterocycles. The van der Waals surface area contributed by atoms with Gasteiger partial charge in [-0.2, -0.15) is 15.0 Å². The molecule has 0 aliphatic heterocycles. The summed E-state index contributed by atoms with van der Waals surface area (Å²) in [6.07, 6.45) is 0. The summed E-state index contributed by atoms with van der Waals surface area (Å²) < 4.78 is 0. The maximum Gasteiger partial charge on any atom is 0.226 e. The number of aromatic nitrogens is 4. The Bertz CT molecular complexity index is 430. The molecule has 17 heavy (non-hydrogen) atoms. The van der Waals surface area contributed by atoms with Crippen LogP contribution in [0.2, 0.25) is 0 Å². The van der Waals surface area contributed by atoms with E-state index >= 15 is 0 Å². The first kappa shape index (κ1) is 12.2. The fourth-order valence-corrected chi connectivity index (χ4v) is 0.896. The zero-order chi connectivity index (χ0) is 12.8. The van der Waals surface area contributed by atoms with Crippen LogP contribution in [0.15, 0.2) is 18.2 Å². The zero-order valence-electron chi connectivity index (χ0n) is 8.91. The van der Waals surface area contributed by atoms with Crippen LogP contribution in [0.1, 0.15) is 0 Å². The van der Waals surface area contributed by atoms with Gasteiger partial charge in [0.2, 0.25) is 17.8 Å². The average Bonchev–Trinajstić information content (AvgIpc) is 2.15. The predicted octanol–water partition coefficient (Wildman–Crippen LogP) is -1.14. The molecule has 0 aliphatic rings. The normalized spacial score (nSPS) is 9.18. The lowest BCUT2D eigenvalue weighted by Crippen LogP contribution is -2.05. The molecule has 9 nitrogen and oxygen atoms in total. The Balaban J connectivity index is 0.000000171. The molecule has 0 aromatic carbocycles. The van der Waals surface area contributed by atoms with Crippen LogP contribution in [0.3, 0.4) is 0 Å². The first-order valence-electron chi connectivity index (χ1n) is 4.48. The van der Waals surface area contributed by atoms with Crippen molar-refractivity contribution in [3.8, 4) is 0 Å². The van der Waals surface area contributed by atoms with E-state index in [1.165, 1.54) is 0 Å². The lowest BCUT2D eigenvalue weighted by molar-refractivity contribution is 1.09. The molecule has 10 N–H and O–H groups in total. The maximum atomic E-state index is 5.27. The van der Waals surface area contributed by atoms with Crippen molar-refractivity contribution in [1.82, 2.24) is 19.9 Å². The van der Waals surface area contributed by atoms with E-state index in [-0.39, 0.29) is 17.8 Å². The Morgan fingerprint density at radius 2 is 0.941 bits per heavy atom. The molecule has 0 unspecified atom stereocenters. The number of hydrogen-bond donors (Lipinski definition) is 5. The quantitative estimate of drug-likeness (QED) is 0.377. The number of hydrogen-bond acceptors (Lipinski definition) is 9. The van der Waals surface area contributed by atoms with Crippen molar-refractivity contribution in [2.75, 3.05) is 28.7 Å². The summed E-state index contributed by atoms with van der Waals surface area (Å²) in [6.45, 7) is 0. The van der Waals surface area contributed by atoms with E-state index in [9.17, 15) is 0 Å². The van der Waals surface area contributed by atoms with Crippen molar-refractivity contribution >= 4 is 29.5 Å². The van der Waals surface area contributed by atoms with Gasteiger partial charge in [0.05, 0.1) is 0 Å². The van der Waals surface area contributed by atoms with E-state index in [2.05, 4.69) is 19.9 Å².